The molecule has 0 amide bonds. The Hall–Kier alpha value is -2.24. The minimum Gasteiger partial charge on any atom is -0.337 e. The highest BCUT2D eigenvalue weighted by molar-refractivity contribution is 7.18. The first-order valence-electron chi connectivity index (χ1n) is 6.32. The molecule has 0 saturated carbocycles. The number of rotatable bonds is 2. The van der Waals surface area contributed by atoms with E-state index in [1.165, 1.54) is 0 Å². The van der Waals surface area contributed by atoms with Crippen molar-refractivity contribution in [1.82, 2.24) is 19.9 Å². The number of imidazole rings is 1. The first-order valence-corrected chi connectivity index (χ1v) is 7.51. The quantitative estimate of drug-likeness (QED) is 0.597. The Labute approximate surface area is 129 Å². The monoisotopic (exact) mass is 312 g/mol. The van der Waals surface area contributed by atoms with Crippen LogP contribution in [0.3, 0.4) is 0 Å². The van der Waals surface area contributed by atoms with Crippen LogP contribution in [-0.4, -0.2) is 19.9 Å². The number of benzene rings is 1. The summed E-state index contributed by atoms with van der Waals surface area (Å²) in [6, 6.07) is 9.59. The van der Waals surface area contributed by atoms with Gasteiger partial charge in [0.05, 0.1) is 15.4 Å². The molecule has 102 valence electrons. The second kappa shape index (κ2) is 4.95. The highest BCUT2D eigenvalue weighted by Gasteiger charge is 2.11. The van der Waals surface area contributed by atoms with Crippen molar-refractivity contribution in [3.8, 4) is 21.3 Å². The summed E-state index contributed by atoms with van der Waals surface area (Å²) < 4.78 is 0. The maximum atomic E-state index is 6.16. The van der Waals surface area contributed by atoms with E-state index in [9.17, 15) is 0 Å². The maximum Gasteiger partial charge on any atom is 0.150 e. The molecule has 4 nitrogen and oxygen atoms in total. The van der Waals surface area contributed by atoms with Crippen molar-refractivity contribution in [1.29, 1.82) is 0 Å². The molecule has 21 heavy (non-hydrogen) atoms. The molecule has 0 radical (unpaired) electrons. The van der Waals surface area contributed by atoms with Crippen LogP contribution >= 0.6 is 22.9 Å². The summed E-state index contributed by atoms with van der Waals surface area (Å²) in [6.07, 6.45) is 5.35. The zero-order chi connectivity index (χ0) is 14.2. The first-order chi connectivity index (χ1) is 10.3. The number of nitrogens with one attached hydrogen (secondary N) is 1. The minimum atomic E-state index is 0.647. The van der Waals surface area contributed by atoms with Gasteiger partial charge in [0.25, 0.3) is 0 Å². The van der Waals surface area contributed by atoms with Crippen LogP contribution in [0.1, 0.15) is 0 Å². The third-order valence-electron chi connectivity index (χ3n) is 3.13. The van der Waals surface area contributed by atoms with Crippen LogP contribution in [-0.2, 0) is 0 Å². The van der Waals surface area contributed by atoms with Crippen molar-refractivity contribution < 1.29 is 0 Å². The Kier molecular flexibility index (Phi) is 2.94. The molecule has 3 heterocycles. The fourth-order valence-electron chi connectivity index (χ4n) is 2.13. The number of aromatic amines is 1. The molecule has 1 N–H and O–H groups in total. The first kappa shape index (κ1) is 12.5. The van der Waals surface area contributed by atoms with Crippen LogP contribution < -0.4 is 0 Å². The third kappa shape index (κ3) is 2.20. The van der Waals surface area contributed by atoms with Gasteiger partial charge < -0.3 is 4.98 Å². The lowest BCUT2D eigenvalue weighted by molar-refractivity contribution is 1.31. The van der Waals surface area contributed by atoms with Gasteiger partial charge in [0.1, 0.15) is 16.3 Å². The summed E-state index contributed by atoms with van der Waals surface area (Å²) in [4.78, 5) is 17.3. The number of para-hydroxylation sites is 1. The SMILES string of the molecule is Clc1cccc2[nH]c(-c3cnc(-c4ccncc4)s3)nc12. The Morgan fingerprint density at radius 1 is 1.10 bits per heavy atom. The van der Waals surface area contributed by atoms with E-state index in [1.807, 2.05) is 36.5 Å². The van der Waals surface area contributed by atoms with E-state index >= 15 is 0 Å². The predicted molar refractivity (Wildman–Crippen MR) is 85.4 cm³/mol. The second-order valence-electron chi connectivity index (χ2n) is 4.49. The summed E-state index contributed by atoms with van der Waals surface area (Å²) in [6.45, 7) is 0. The normalized spacial score (nSPS) is 11.1. The number of halogens is 1. The molecule has 0 saturated heterocycles. The molecule has 4 aromatic rings. The van der Waals surface area contributed by atoms with Crippen molar-refractivity contribution >= 4 is 34.0 Å². The molecule has 6 heteroatoms. The van der Waals surface area contributed by atoms with Crippen LogP contribution in [0.5, 0.6) is 0 Å². The van der Waals surface area contributed by atoms with Gasteiger partial charge in [-0.15, -0.1) is 11.3 Å². The lowest BCUT2D eigenvalue weighted by Gasteiger charge is -1.92. The van der Waals surface area contributed by atoms with Crippen molar-refractivity contribution in [3.05, 3.63) is 53.9 Å². The fraction of sp³-hybridized carbons (Fsp3) is 0. The van der Waals surface area contributed by atoms with Crippen LogP contribution in [0.25, 0.3) is 32.3 Å². The number of thiazole rings is 1. The average molecular weight is 313 g/mol. The Bertz CT molecular complexity index is 914. The van der Waals surface area contributed by atoms with Crippen LogP contribution in [0.2, 0.25) is 5.02 Å². The summed E-state index contributed by atoms with van der Waals surface area (Å²) >= 11 is 7.74. The van der Waals surface area contributed by atoms with E-state index in [1.54, 1.807) is 23.7 Å². The highest BCUT2D eigenvalue weighted by atomic mass is 35.5. The van der Waals surface area contributed by atoms with E-state index in [0.29, 0.717) is 5.02 Å². The number of hydrogen-bond donors (Lipinski definition) is 1. The smallest absolute Gasteiger partial charge is 0.150 e. The molecule has 0 spiro atoms. The second-order valence-corrected chi connectivity index (χ2v) is 5.92. The highest BCUT2D eigenvalue weighted by Crippen LogP contribution is 2.32. The lowest BCUT2D eigenvalue weighted by atomic mass is 10.3. The van der Waals surface area contributed by atoms with Crippen LogP contribution in [0.15, 0.2) is 48.9 Å². The fourth-order valence-corrected chi connectivity index (χ4v) is 3.21. The van der Waals surface area contributed by atoms with Gasteiger partial charge in [-0.2, -0.15) is 0 Å². The van der Waals surface area contributed by atoms with Crippen molar-refractivity contribution in [2.75, 3.05) is 0 Å². The van der Waals surface area contributed by atoms with Gasteiger partial charge in [-0.25, -0.2) is 9.97 Å². The van der Waals surface area contributed by atoms with Crippen LogP contribution in [0.4, 0.5) is 0 Å². The van der Waals surface area contributed by atoms with Gasteiger partial charge in [0, 0.05) is 24.2 Å². The van der Waals surface area contributed by atoms with Crippen LogP contribution in [0, 0.1) is 0 Å². The molecule has 0 unspecified atom stereocenters. The van der Waals surface area contributed by atoms with E-state index in [2.05, 4.69) is 19.9 Å². The molecule has 0 aliphatic rings. The predicted octanol–water partition coefficient (Wildman–Crippen LogP) is 4.40. The van der Waals surface area contributed by atoms with E-state index in [0.717, 1.165) is 32.3 Å². The number of H-pyrrole nitrogens is 1. The lowest BCUT2D eigenvalue weighted by Crippen LogP contribution is -1.74. The van der Waals surface area contributed by atoms with Gasteiger partial charge in [-0.1, -0.05) is 17.7 Å². The number of aromatic nitrogens is 4. The standard InChI is InChI=1S/C15H9ClN4S/c16-10-2-1-3-11-13(10)20-14(19-11)12-8-18-15(21-12)9-4-6-17-7-5-9/h1-8H,(H,19,20). The van der Waals surface area contributed by atoms with E-state index in [4.69, 9.17) is 11.6 Å². The molecule has 0 bridgehead atoms. The summed E-state index contributed by atoms with van der Waals surface area (Å²) in [7, 11) is 0. The zero-order valence-corrected chi connectivity index (χ0v) is 12.3. The summed E-state index contributed by atoms with van der Waals surface area (Å²) in [5.74, 6) is 0.788. The van der Waals surface area contributed by atoms with Crippen molar-refractivity contribution in [3.63, 3.8) is 0 Å². The molecular weight excluding hydrogens is 304 g/mol. The summed E-state index contributed by atoms with van der Waals surface area (Å²) in [5, 5.41) is 1.59. The third-order valence-corrected chi connectivity index (χ3v) is 4.49. The van der Waals surface area contributed by atoms with Gasteiger partial charge >= 0.3 is 0 Å². The zero-order valence-electron chi connectivity index (χ0n) is 10.7. The van der Waals surface area contributed by atoms with E-state index in [-0.39, 0.29) is 0 Å². The van der Waals surface area contributed by atoms with E-state index < -0.39 is 0 Å². The molecule has 0 aliphatic heterocycles. The largest absolute Gasteiger partial charge is 0.337 e. The average Bonchev–Trinajstić information content (AvgIpc) is 3.15. The van der Waals surface area contributed by atoms with Gasteiger partial charge in [0.2, 0.25) is 0 Å². The molecule has 0 fully saturated rings. The Balaban J connectivity index is 1.79. The maximum absolute atomic E-state index is 6.16. The number of fused-ring (bicyclic) bond motifs is 1. The Morgan fingerprint density at radius 2 is 1.95 bits per heavy atom. The topological polar surface area (TPSA) is 54.5 Å². The Morgan fingerprint density at radius 3 is 2.76 bits per heavy atom. The molecule has 0 atom stereocenters. The molecule has 3 aromatic heterocycles. The number of hydrogen-bond acceptors (Lipinski definition) is 4. The van der Waals surface area contributed by atoms with Crippen molar-refractivity contribution in [2.24, 2.45) is 0 Å². The molecular formula is C15H9ClN4S. The summed E-state index contributed by atoms with van der Waals surface area (Å²) in [5.41, 5.74) is 2.76. The molecule has 4 rings (SSSR count). The number of nitrogens with zero attached hydrogens (tertiary/aromatic N) is 3. The molecule has 1 aromatic carbocycles. The van der Waals surface area contributed by atoms with Gasteiger partial charge in [-0.05, 0) is 24.3 Å². The minimum absolute atomic E-state index is 0.647. The molecule has 0 aliphatic carbocycles. The van der Waals surface area contributed by atoms with Crippen molar-refractivity contribution in [2.45, 2.75) is 0 Å². The number of pyridine rings is 1. The van der Waals surface area contributed by atoms with Gasteiger partial charge in [-0.3, -0.25) is 4.98 Å². The van der Waals surface area contributed by atoms with Gasteiger partial charge in [0.15, 0.2) is 0 Å².